The van der Waals surface area contributed by atoms with Gasteiger partial charge in [0.1, 0.15) is 17.2 Å². The highest BCUT2D eigenvalue weighted by atomic mass is 16.7. The fraction of sp³-hybridized carbons (Fsp3) is 0.360. The maximum atomic E-state index is 12.3. The summed E-state index contributed by atoms with van der Waals surface area (Å²) in [5.41, 5.74) is 4.62. The van der Waals surface area contributed by atoms with E-state index in [0.29, 0.717) is 18.1 Å². The molecule has 0 amide bonds. The third-order valence-corrected chi connectivity index (χ3v) is 5.05. The maximum Gasteiger partial charge on any atom is 0.513 e. The van der Waals surface area contributed by atoms with Crippen LogP contribution in [0.2, 0.25) is 0 Å². The van der Waals surface area contributed by atoms with Crippen LogP contribution in [-0.2, 0) is 11.2 Å². The van der Waals surface area contributed by atoms with Crippen LogP contribution >= 0.6 is 0 Å². The Balaban J connectivity index is 2.02. The minimum atomic E-state index is -0.692. The molecule has 0 aliphatic heterocycles. The summed E-state index contributed by atoms with van der Waals surface area (Å²) >= 11 is 0. The Kier molecular flexibility index (Phi) is 6.93. The first-order valence-electron chi connectivity index (χ1n) is 10.5. The number of nitrogens with zero attached hydrogens (tertiary/aromatic N) is 1. The van der Waals surface area contributed by atoms with Crippen molar-refractivity contribution in [1.82, 2.24) is 4.98 Å². The van der Waals surface area contributed by atoms with Gasteiger partial charge >= 0.3 is 6.16 Å². The van der Waals surface area contributed by atoms with E-state index in [9.17, 15) is 4.79 Å². The highest BCUT2D eigenvalue weighted by Gasteiger charge is 2.18. The molecule has 158 valence electrons. The summed E-state index contributed by atoms with van der Waals surface area (Å²) in [6.07, 6.45) is 1.80. The molecule has 1 heterocycles. The average molecular weight is 408 g/mol. The normalized spacial score (nSPS) is 10.8. The first kappa shape index (κ1) is 21.6. The lowest BCUT2D eigenvalue weighted by Crippen LogP contribution is -2.13. The van der Waals surface area contributed by atoms with Gasteiger partial charge in [0.25, 0.3) is 0 Å². The van der Waals surface area contributed by atoms with Crippen LogP contribution in [0.1, 0.15) is 49.1 Å². The predicted molar refractivity (Wildman–Crippen MR) is 119 cm³/mol. The number of aryl methyl sites for hydroxylation is 3. The minimum Gasteiger partial charge on any atom is -0.457 e. The molecule has 0 spiro atoms. The predicted octanol–water partition coefficient (Wildman–Crippen LogP) is 6.83. The summed E-state index contributed by atoms with van der Waals surface area (Å²) in [6, 6.07) is 11.7. The Labute approximate surface area is 178 Å². The molecule has 0 radical (unpaired) electrons. The van der Waals surface area contributed by atoms with Crippen LogP contribution in [0, 0.1) is 20.8 Å². The van der Waals surface area contributed by atoms with Crippen LogP contribution in [0.5, 0.6) is 17.2 Å². The number of carbonyl (C=O) groups excluding carboxylic acids is 1. The largest absolute Gasteiger partial charge is 0.513 e. The molecule has 0 N–H and O–H groups in total. The molecule has 0 unspecified atom stereocenters. The molecule has 1 aromatic heterocycles. The zero-order chi connectivity index (χ0) is 21.7. The Bertz CT molecular complexity index is 1040. The van der Waals surface area contributed by atoms with Crippen molar-refractivity contribution in [2.24, 2.45) is 0 Å². The van der Waals surface area contributed by atoms with Gasteiger partial charge in [0.15, 0.2) is 0 Å². The van der Waals surface area contributed by atoms with Crippen molar-refractivity contribution < 1.29 is 19.0 Å². The molecule has 3 rings (SSSR count). The molecular formula is C25H29NO4. The van der Waals surface area contributed by atoms with Crippen LogP contribution in [0.3, 0.4) is 0 Å². The van der Waals surface area contributed by atoms with Crippen molar-refractivity contribution in [1.29, 1.82) is 0 Å². The second kappa shape index (κ2) is 9.61. The number of unbranched alkanes of at least 4 members (excludes halogenated alkanes) is 1. The molecule has 3 aromatic rings. The number of fused-ring (bicyclic) bond motifs is 1. The Morgan fingerprint density at radius 2 is 1.77 bits per heavy atom. The molecule has 30 heavy (non-hydrogen) atoms. The van der Waals surface area contributed by atoms with Crippen molar-refractivity contribution in [3.05, 3.63) is 58.8 Å². The SMILES string of the molecule is CCCCOC(=O)Oc1c(C)c(CC)nc2cc(C)c(Oc3ccc(C)cc3)cc12. The van der Waals surface area contributed by atoms with Crippen molar-refractivity contribution >= 4 is 17.1 Å². The Morgan fingerprint density at radius 3 is 2.43 bits per heavy atom. The van der Waals surface area contributed by atoms with Crippen LogP contribution in [0.25, 0.3) is 10.9 Å². The van der Waals surface area contributed by atoms with Crippen LogP contribution in [0.15, 0.2) is 36.4 Å². The van der Waals surface area contributed by atoms with Crippen molar-refractivity contribution in [2.45, 2.75) is 53.9 Å². The highest BCUT2D eigenvalue weighted by molar-refractivity contribution is 5.90. The van der Waals surface area contributed by atoms with Crippen LogP contribution < -0.4 is 9.47 Å². The van der Waals surface area contributed by atoms with Crippen LogP contribution in [0.4, 0.5) is 4.79 Å². The van der Waals surface area contributed by atoms with Crippen LogP contribution in [-0.4, -0.2) is 17.7 Å². The third kappa shape index (κ3) is 4.90. The van der Waals surface area contributed by atoms with E-state index in [1.807, 2.05) is 71.0 Å². The van der Waals surface area contributed by atoms with E-state index in [2.05, 4.69) is 0 Å². The molecule has 5 nitrogen and oxygen atoms in total. The van der Waals surface area contributed by atoms with Crippen molar-refractivity contribution in [2.75, 3.05) is 6.61 Å². The summed E-state index contributed by atoms with van der Waals surface area (Å²) in [7, 11) is 0. The van der Waals surface area contributed by atoms with Gasteiger partial charge in [0.2, 0.25) is 0 Å². The fourth-order valence-electron chi connectivity index (χ4n) is 3.24. The monoisotopic (exact) mass is 407 g/mol. The number of carbonyl (C=O) groups is 1. The lowest BCUT2D eigenvalue weighted by molar-refractivity contribution is 0.0980. The van der Waals surface area contributed by atoms with Gasteiger partial charge in [-0.25, -0.2) is 4.79 Å². The van der Waals surface area contributed by atoms with Gasteiger partial charge in [0, 0.05) is 16.6 Å². The lowest BCUT2D eigenvalue weighted by atomic mass is 10.0. The molecule has 0 fully saturated rings. The van der Waals surface area contributed by atoms with Gasteiger partial charge in [-0.3, -0.25) is 4.98 Å². The maximum absolute atomic E-state index is 12.3. The quantitative estimate of drug-likeness (QED) is 0.317. The van der Waals surface area contributed by atoms with Gasteiger partial charge in [-0.05, 0) is 63.4 Å². The molecule has 0 atom stereocenters. The van der Waals surface area contributed by atoms with Gasteiger partial charge in [-0.15, -0.1) is 0 Å². The van der Waals surface area contributed by atoms with Gasteiger partial charge in [0.05, 0.1) is 12.1 Å². The molecule has 0 bridgehead atoms. The summed E-state index contributed by atoms with van der Waals surface area (Å²) < 4.78 is 17.0. The number of rotatable bonds is 7. The van der Waals surface area contributed by atoms with E-state index in [1.165, 1.54) is 5.56 Å². The molecule has 0 aliphatic rings. The van der Waals surface area contributed by atoms with E-state index in [1.54, 1.807) is 0 Å². The fourth-order valence-corrected chi connectivity index (χ4v) is 3.24. The molecule has 5 heteroatoms. The summed E-state index contributed by atoms with van der Waals surface area (Å²) in [4.78, 5) is 17.0. The third-order valence-electron chi connectivity index (χ3n) is 5.05. The number of aromatic nitrogens is 1. The van der Waals surface area contributed by atoms with E-state index >= 15 is 0 Å². The van der Waals surface area contributed by atoms with E-state index in [-0.39, 0.29) is 0 Å². The van der Waals surface area contributed by atoms with E-state index < -0.39 is 6.16 Å². The minimum absolute atomic E-state index is 0.346. The number of benzene rings is 2. The summed E-state index contributed by atoms with van der Waals surface area (Å²) in [5.74, 6) is 1.92. The van der Waals surface area contributed by atoms with E-state index in [0.717, 1.165) is 52.7 Å². The Morgan fingerprint density at radius 1 is 1.03 bits per heavy atom. The summed E-state index contributed by atoms with van der Waals surface area (Å²) in [6.45, 7) is 10.4. The molecule has 0 saturated heterocycles. The smallest absolute Gasteiger partial charge is 0.457 e. The van der Waals surface area contributed by atoms with Crippen molar-refractivity contribution in [3.8, 4) is 17.2 Å². The number of hydrogen-bond donors (Lipinski definition) is 0. The first-order valence-corrected chi connectivity index (χ1v) is 10.5. The average Bonchev–Trinajstić information content (AvgIpc) is 2.73. The summed E-state index contributed by atoms with van der Waals surface area (Å²) in [5, 5.41) is 0.727. The van der Waals surface area contributed by atoms with Crippen molar-refractivity contribution in [3.63, 3.8) is 0 Å². The molecular weight excluding hydrogens is 378 g/mol. The highest BCUT2D eigenvalue weighted by Crippen LogP contribution is 2.36. The van der Waals surface area contributed by atoms with Gasteiger partial charge in [-0.2, -0.15) is 0 Å². The second-order valence-electron chi connectivity index (χ2n) is 7.47. The number of hydrogen-bond acceptors (Lipinski definition) is 5. The standard InChI is InChI=1S/C25H29NO4/c1-6-8-13-28-25(27)30-24-18(5)21(7-2)26-22-14-17(4)23(15-20(22)24)29-19-11-9-16(3)10-12-19/h9-12,14-15H,6-8,13H2,1-5H3. The van der Waals surface area contributed by atoms with Gasteiger partial charge < -0.3 is 14.2 Å². The number of ether oxygens (including phenoxy) is 3. The first-order chi connectivity index (χ1) is 14.4. The van der Waals surface area contributed by atoms with Gasteiger partial charge in [-0.1, -0.05) is 38.0 Å². The zero-order valence-electron chi connectivity index (χ0n) is 18.4. The number of pyridine rings is 1. The molecule has 0 saturated carbocycles. The Hall–Kier alpha value is -3.08. The molecule has 0 aliphatic carbocycles. The molecule has 2 aromatic carbocycles. The lowest BCUT2D eigenvalue weighted by Gasteiger charge is -2.16. The second-order valence-corrected chi connectivity index (χ2v) is 7.47. The topological polar surface area (TPSA) is 57.7 Å². The zero-order valence-corrected chi connectivity index (χ0v) is 18.4. The van der Waals surface area contributed by atoms with E-state index in [4.69, 9.17) is 19.2 Å².